The first-order valence-corrected chi connectivity index (χ1v) is 5.68. The number of rotatable bonds is 4. The normalized spacial score (nSPS) is 10.7. The first-order valence-electron chi connectivity index (χ1n) is 5.68. The lowest BCUT2D eigenvalue weighted by Gasteiger charge is -2.03. The fraction of sp³-hybridized carbons (Fsp3) is 0.308. The van der Waals surface area contributed by atoms with Crippen LogP contribution in [0.1, 0.15) is 5.56 Å². The minimum atomic E-state index is 0.0155. The number of hydrogen-bond donors (Lipinski definition) is 2. The number of aromatic nitrogens is 1. The SMILES string of the molecule is CNCc1cn(CC(=O)NC)c2ccccc12. The number of carbonyl (C=O) groups excluding carboxylic acids is 1. The number of nitrogens with one attached hydrogen (secondary N) is 2. The first kappa shape index (κ1) is 11.7. The number of amides is 1. The van der Waals surface area contributed by atoms with Crippen LogP contribution in [0.5, 0.6) is 0 Å². The molecule has 0 saturated carbocycles. The van der Waals surface area contributed by atoms with E-state index in [4.69, 9.17) is 0 Å². The van der Waals surface area contributed by atoms with E-state index in [1.807, 2.05) is 36.0 Å². The summed E-state index contributed by atoms with van der Waals surface area (Å²) in [5.41, 5.74) is 2.31. The Bertz CT molecular complexity index is 530. The van der Waals surface area contributed by atoms with Crippen LogP contribution < -0.4 is 10.6 Å². The highest BCUT2D eigenvalue weighted by Gasteiger charge is 2.09. The van der Waals surface area contributed by atoms with Crippen molar-refractivity contribution in [1.82, 2.24) is 15.2 Å². The molecule has 0 aliphatic carbocycles. The van der Waals surface area contributed by atoms with Crippen LogP contribution in [0, 0.1) is 0 Å². The molecule has 90 valence electrons. The van der Waals surface area contributed by atoms with E-state index in [9.17, 15) is 4.79 Å². The van der Waals surface area contributed by atoms with E-state index >= 15 is 0 Å². The van der Waals surface area contributed by atoms with Crippen molar-refractivity contribution in [3.05, 3.63) is 36.0 Å². The van der Waals surface area contributed by atoms with Gasteiger partial charge in [-0.05, 0) is 18.7 Å². The molecule has 0 atom stereocenters. The predicted octanol–water partition coefficient (Wildman–Crippen LogP) is 1.11. The molecular weight excluding hydrogens is 214 g/mol. The standard InChI is InChI=1S/C13H17N3O/c1-14-7-10-8-16(9-13(17)15-2)12-6-4-3-5-11(10)12/h3-6,8,14H,7,9H2,1-2H3,(H,15,17). The second-order valence-electron chi connectivity index (χ2n) is 4.00. The largest absolute Gasteiger partial charge is 0.358 e. The van der Waals surface area contributed by atoms with Crippen LogP contribution in [-0.2, 0) is 17.9 Å². The van der Waals surface area contributed by atoms with E-state index in [-0.39, 0.29) is 5.91 Å². The summed E-state index contributed by atoms with van der Waals surface area (Å²) < 4.78 is 1.99. The Morgan fingerprint density at radius 3 is 2.76 bits per heavy atom. The average molecular weight is 231 g/mol. The zero-order valence-corrected chi connectivity index (χ0v) is 10.2. The van der Waals surface area contributed by atoms with Gasteiger partial charge in [0.15, 0.2) is 0 Å². The summed E-state index contributed by atoms with van der Waals surface area (Å²) in [4.78, 5) is 11.4. The van der Waals surface area contributed by atoms with Gasteiger partial charge in [-0.1, -0.05) is 18.2 Å². The zero-order chi connectivity index (χ0) is 12.3. The van der Waals surface area contributed by atoms with Gasteiger partial charge in [-0.25, -0.2) is 0 Å². The lowest BCUT2D eigenvalue weighted by molar-refractivity contribution is -0.121. The summed E-state index contributed by atoms with van der Waals surface area (Å²) in [5.74, 6) is 0.0155. The zero-order valence-electron chi connectivity index (χ0n) is 10.2. The third kappa shape index (κ3) is 2.31. The van der Waals surface area contributed by atoms with Crippen molar-refractivity contribution >= 4 is 16.8 Å². The summed E-state index contributed by atoms with van der Waals surface area (Å²) >= 11 is 0. The number of benzene rings is 1. The van der Waals surface area contributed by atoms with Crippen LogP contribution in [0.3, 0.4) is 0 Å². The molecule has 4 nitrogen and oxygen atoms in total. The van der Waals surface area contributed by atoms with Gasteiger partial charge in [-0.15, -0.1) is 0 Å². The van der Waals surface area contributed by atoms with Gasteiger partial charge in [0, 0.05) is 30.7 Å². The summed E-state index contributed by atoms with van der Waals surface area (Å²) in [7, 11) is 3.58. The van der Waals surface area contributed by atoms with Crippen molar-refractivity contribution in [3.8, 4) is 0 Å². The van der Waals surface area contributed by atoms with Gasteiger partial charge in [-0.3, -0.25) is 4.79 Å². The van der Waals surface area contributed by atoms with Crippen LogP contribution in [0.15, 0.2) is 30.5 Å². The van der Waals surface area contributed by atoms with Gasteiger partial charge in [0.2, 0.25) is 5.91 Å². The van der Waals surface area contributed by atoms with E-state index < -0.39 is 0 Å². The molecule has 0 aliphatic heterocycles. The summed E-state index contributed by atoms with van der Waals surface area (Å²) in [6.07, 6.45) is 2.04. The lowest BCUT2D eigenvalue weighted by Crippen LogP contribution is -2.23. The number of fused-ring (bicyclic) bond motifs is 1. The van der Waals surface area contributed by atoms with Gasteiger partial charge >= 0.3 is 0 Å². The molecule has 2 N–H and O–H groups in total. The Kier molecular flexibility index (Phi) is 3.44. The third-order valence-electron chi connectivity index (χ3n) is 2.83. The molecule has 0 saturated heterocycles. The lowest BCUT2D eigenvalue weighted by atomic mass is 10.2. The predicted molar refractivity (Wildman–Crippen MR) is 68.8 cm³/mol. The minimum absolute atomic E-state index is 0.0155. The van der Waals surface area contributed by atoms with E-state index in [2.05, 4.69) is 16.7 Å². The second kappa shape index (κ2) is 5.01. The van der Waals surface area contributed by atoms with Gasteiger partial charge in [0.05, 0.1) is 0 Å². The molecule has 2 aromatic rings. The molecule has 17 heavy (non-hydrogen) atoms. The number of para-hydroxylation sites is 1. The number of carbonyl (C=O) groups is 1. The maximum atomic E-state index is 11.4. The summed E-state index contributed by atoms with van der Waals surface area (Å²) in [6.45, 7) is 1.17. The van der Waals surface area contributed by atoms with Crippen molar-refractivity contribution in [2.75, 3.05) is 14.1 Å². The molecule has 2 rings (SSSR count). The second-order valence-corrected chi connectivity index (χ2v) is 4.00. The topological polar surface area (TPSA) is 46.1 Å². The molecule has 4 heteroatoms. The first-order chi connectivity index (χ1) is 8.26. The molecule has 1 aromatic carbocycles. The average Bonchev–Trinajstić information content (AvgIpc) is 2.69. The van der Waals surface area contributed by atoms with Gasteiger partial charge in [0.1, 0.15) is 6.54 Å². The van der Waals surface area contributed by atoms with Crippen LogP contribution in [-0.4, -0.2) is 24.6 Å². The van der Waals surface area contributed by atoms with Crippen molar-refractivity contribution in [3.63, 3.8) is 0 Å². The maximum absolute atomic E-state index is 11.4. The van der Waals surface area contributed by atoms with E-state index in [0.717, 1.165) is 12.1 Å². The van der Waals surface area contributed by atoms with Crippen LogP contribution >= 0.6 is 0 Å². The fourth-order valence-corrected chi connectivity index (χ4v) is 2.02. The van der Waals surface area contributed by atoms with Crippen molar-refractivity contribution in [1.29, 1.82) is 0 Å². The molecule has 0 spiro atoms. The molecule has 0 radical (unpaired) electrons. The Labute approximate surface area is 101 Å². The highest BCUT2D eigenvalue weighted by Crippen LogP contribution is 2.21. The van der Waals surface area contributed by atoms with Gasteiger partial charge in [-0.2, -0.15) is 0 Å². The number of likely N-dealkylation sites (N-methyl/N-ethyl adjacent to an activating group) is 1. The Balaban J connectivity index is 2.44. The minimum Gasteiger partial charge on any atom is -0.358 e. The third-order valence-corrected chi connectivity index (χ3v) is 2.83. The van der Waals surface area contributed by atoms with Crippen LogP contribution in [0.4, 0.5) is 0 Å². The molecule has 0 aliphatic rings. The maximum Gasteiger partial charge on any atom is 0.239 e. The van der Waals surface area contributed by atoms with Crippen LogP contribution in [0.25, 0.3) is 10.9 Å². The molecule has 0 fully saturated rings. The molecule has 1 amide bonds. The Morgan fingerprint density at radius 1 is 1.29 bits per heavy atom. The smallest absolute Gasteiger partial charge is 0.239 e. The highest BCUT2D eigenvalue weighted by atomic mass is 16.1. The Hall–Kier alpha value is -1.81. The monoisotopic (exact) mass is 231 g/mol. The number of hydrogen-bond acceptors (Lipinski definition) is 2. The molecular formula is C13H17N3O. The van der Waals surface area contributed by atoms with Crippen molar-refractivity contribution < 1.29 is 4.79 Å². The molecule has 1 aromatic heterocycles. The summed E-state index contributed by atoms with van der Waals surface area (Å²) in [5, 5.41) is 6.99. The van der Waals surface area contributed by atoms with Gasteiger partial charge in [0.25, 0.3) is 0 Å². The van der Waals surface area contributed by atoms with Crippen molar-refractivity contribution in [2.45, 2.75) is 13.1 Å². The Morgan fingerprint density at radius 2 is 2.06 bits per heavy atom. The molecule has 0 bridgehead atoms. The summed E-state index contributed by atoms with van der Waals surface area (Å²) in [6, 6.07) is 8.14. The highest BCUT2D eigenvalue weighted by molar-refractivity contribution is 5.86. The fourth-order valence-electron chi connectivity index (χ4n) is 2.02. The van der Waals surface area contributed by atoms with E-state index in [1.54, 1.807) is 7.05 Å². The van der Waals surface area contributed by atoms with Crippen LogP contribution in [0.2, 0.25) is 0 Å². The van der Waals surface area contributed by atoms with Crippen molar-refractivity contribution in [2.24, 2.45) is 0 Å². The van der Waals surface area contributed by atoms with Gasteiger partial charge < -0.3 is 15.2 Å². The van der Waals surface area contributed by atoms with E-state index in [1.165, 1.54) is 10.9 Å². The quantitative estimate of drug-likeness (QED) is 0.828. The molecule has 0 unspecified atom stereocenters. The van der Waals surface area contributed by atoms with E-state index in [0.29, 0.717) is 6.54 Å². The molecule has 1 heterocycles. The number of nitrogens with zero attached hydrogens (tertiary/aromatic N) is 1.